The molecule has 1 rings (SSSR count). The molecule has 6 heteroatoms. The second kappa shape index (κ2) is 8.36. The van der Waals surface area contributed by atoms with Crippen LogP contribution in [0.5, 0.6) is 0 Å². The fourth-order valence-electron chi connectivity index (χ4n) is 1.99. The first-order chi connectivity index (χ1) is 9.53. The highest BCUT2D eigenvalue weighted by atomic mass is 32.2. The van der Waals surface area contributed by atoms with Gasteiger partial charge in [0.05, 0.1) is 4.90 Å². The van der Waals surface area contributed by atoms with Crippen molar-refractivity contribution < 1.29 is 13.2 Å². The van der Waals surface area contributed by atoms with Gasteiger partial charge in [0.2, 0.25) is 10.0 Å². The molecule has 0 aromatic heterocycles. The van der Waals surface area contributed by atoms with Gasteiger partial charge in [-0.25, -0.2) is 13.1 Å². The highest BCUT2D eigenvalue weighted by Crippen LogP contribution is 2.18. The molecule has 20 heavy (non-hydrogen) atoms. The molecule has 0 aliphatic carbocycles. The van der Waals surface area contributed by atoms with E-state index in [1.807, 2.05) is 20.0 Å². The van der Waals surface area contributed by atoms with Crippen LogP contribution in [0.3, 0.4) is 0 Å². The molecule has 0 radical (unpaired) electrons. The number of benzene rings is 1. The Morgan fingerprint density at radius 2 is 2.00 bits per heavy atom. The van der Waals surface area contributed by atoms with E-state index in [1.54, 1.807) is 19.2 Å². The summed E-state index contributed by atoms with van der Waals surface area (Å²) in [5.41, 5.74) is 1.79. The molecule has 0 spiro atoms. The summed E-state index contributed by atoms with van der Waals surface area (Å²) in [5.74, 6) is 0. The lowest BCUT2D eigenvalue weighted by atomic mass is 10.1. The second-order valence-corrected chi connectivity index (χ2v) is 6.40. The van der Waals surface area contributed by atoms with Crippen LogP contribution in [-0.4, -0.2) is 35.7 Å². The molecule has 0 saturated carbocycles. The molecular formula is C14H24N2O3S. The van der Waals surface area contributed by atoms with Gasteiger partial charge in [0.15, 0.2) is 0 Å². The van der Waals surface area contributed by atoms with Crippen molar-refractivity contribution in [2.75, 3.05) is 27.3 Å². The Balaban J connectivity index is 2.74. The van der Waals surface area contributed by atoms with Gasteiger partial charge in [-0.3, -0.25) is 0 Å². The lowest BCUT2D eigenvalue weighted by molar-refractivity contribution is 0.193. The number of sulfonamides is 1. The summed E-state index contributed by atoms with van der Waals surface area (Å²) in [7, 11) is 0.0441. The Bertz CT molecular complexity index is 515. The van der Waals surface area contributed by atoms with Crippen LogP contribution in [0.1, 0.15) is 24.0 Å². The average molecular weight is 300 g/mol. The molecule has 0 heterocycles. The Labute approximate surface area is 121 Å². The van der Waals surface area contributed by atoms with Gasteiger partial charge in [0.25, 0.3) is 0 Å². The summed E-state index contributed by atoms with van der Waals surface area (Å²) < 4.78 is 32.1. The molecule has 2 N–H and O–H groups in total. The minimum absolute atomic E-state index is 0.358. The van der Waals surface area contributed by atoms with Crippen molar-refractivity contribution in [3.63, 3.8) is 0 Å². The maximum absolute atomic E-state index is 12.3. The highest BCUT2D eigenvalue weighted by molar-refractivity contribution is 7.89. The summed E-state index contributed by atoms with van der Waals surface area (Å²) in [6.45, 7) is 3.58. The third kappa shape index (κ3) is 4.86. The number of methoxy groups -OCH3 is 1. The van der Waals surface area contributed by atoms with Crippen LogP contribution in [0.15, 0.2) is 23.1 Å². The van der Waals surface area contributed by atoms with E-state index < -0.39 is 10.0 Å². The van der Waals surface area contributed by atoms with Crippen molar-refractivity contribution in [1.29, 1.82) is 0 Å². The number of hydrogen-bond donors (Lipinski definition) is 2. The first-order valence-electron chi connectivity index (χ1n) is 6.74. The fourth-order valence-corrected chi connectivity index (χ4v) is 3.35. The van der Waals surface area contributed by atoms with E-state index in [0.717, 1.165) is 24.0 Å². The predicted molar refractivity (Wildman–Crippen MR) is 80.2 cm³/mol. The molecule has 0 atom stereocenters. The third-order valence-electron chi connectivity index (χ3n) is 3.12. The highest BCUT2D eigenvalue weighted by Gasteiger charge is 2.17. The molecule has 0 saturated heterocycles. The van der Waals surface area contributed by atoms with E-state index in [2.05, 4.69) is 10.0 Å². The summed E-state index contributed by atoms with van der Waals surface area (Å²) in [6.07, 6.45) is 1.61. The van der Waals surface area contributed by atoms with E-state index >= 15 is 0 Å². The molecular weight excluding hydrogens is 276 g/mol. The lowest BCUT2D eigenvalue weighted by Crippen LogP contribution is -2.26. The summed E-state index contributed by atoms with van der Waals surface area (Å²) >= 11 is 0. The molecule has 0 aliphatic rings. The van der Waals surface area contributed by atoms with E-state index in [0.29, 0.717) is 24.6 Å². The van der Waals surface area contributed by atoms with Gasteiger partial charge in [0.1, 0.15) is 0 Å². The van der Waals surface area contributed by atoms with Crippen LogP contribution < -0.4 is 10.0 Å². The Kier molecular flexibility index (Phi) is 7.15. The quantitative estimate of drug-likeness (QED) is 0.677. The molecule has 0 aliphatic heterocycles. The maximum Gasteiger partial charge on any atom is 0.240 e. The van der Waals surface area contributed by atoms with Gasteiger partial charge in [0, 0.05) is 26.8 Å². The lowest BCUT2D eigenvalue weighted by Gasteiger charge is -2.12. The van der Waals surface area contributed by atoms with Crippen molar-refractivity contribution >= 4 is 10.0 Å². The van der Waals surface area contributed by atoms with Crippen molar-refractivity contribution in [3.8, 4) is 0 Å². The van der Waals surface area contributed by atoms with Crippen LogP contribution in [0.2, 0.25) is 0 Å². The van der Waals surface area contributed by atoms with Crippen molar-refractivity contribution in [2.24, 2.45) is 0 Å². The average Bonchev–Trinajstić information content (AvgIpc) is 2.41. The first-order valence-corrected chi connectivity index (χ1v) is 8.23. The Morgan fingerprint density at radius 3 is 2.65 bits per heavy atom. The summed E-state index contributed by atoms with van der Waals surface area (Å²) in [4.78, 5) is 0.358. The number of nitrogens with one attached hydrogen (secondary N) is 2. The van der Waals surface area contributed by atoms with Crippen LogP contribution in [0.4, 0.5) is 0 Å². The largest absolute Gasteiger partial charge is 0.385 e. The van der Waals surface area contributed by atoms with E-state index in [1.165, 1.54) is 0 Å². The molecule has 0 bridgehead atoms. The molecule has 0 fully saturated rings. The van der Waals surface area contributed by atoms with Crippen LogP contribution in [0, 0.1) is 6.92 Å². The SMILES string of the molecule is CNCc1cccc(S(=O)(=O)NCCCCOC)c1C. The summed E-state index contributed by atoms with van der Waals surface area (Å²) in [5, 5.41) is 3.04. The zero-order chi connectivity index (χ0) is 15.0. The van der Waals surface area contributed by atoms with Crippen LogP contribution in [-0.2, 0) is 21.3 Å². The van der Waals surface area contributed by atoms with Gasteiger partial charge in [-0.2, -0.15) is 0 Å². The van der Waals surface area contributed by atoms with Gasteiger partial charge in [-0.15, -0.1) is 0 Å². The van der Waals surface area contributed by atoms with Crippen molar-refractivity contribution in [1.82, 2.24) is 10.0 Å². The van der Waals surface area contributed by atoms with Gasteiger partial charge < -0.3 is 10.1 Å². The molecule has 0 amide bonds. The number of unbranched alkanes of at least 4 members (excludes halogenated alkanes) is 1. The topological polar surface area (TPSA) is 67.4 Å². The molecule has 114 valence electrons. The summed E-state index contributed by atoms with van der Waals surface area (Å²) in [6, 6.07) is 5.36. The monoisotopic (exact) mass is 300 g/mol. The Morgan fingerprint density at radius 1 is 1.25 bits per heavy atom. The zero-order valence-corrected chi connectivity index (χ0v) is 13.2. The van der Waals surface area contributed by atoms with Crippen molar-refractivity contribution in [3.05, 3.63) is 29.3 Å². The standard InChI is InChI=1S/C14H24N2O3S/c1-12-13(11-15-2)7-6-8-14(12)20(17,18)16-9-4-5-10-19-3/h6-8,15-16H,4-5,9-11H2,1-3H3. The van der Waals surface area contributed by atoms with Gasteiger partial charge in [-0.05, 0) is 44.0 Å². The molecule has 1 aromatic rings. The van der Waals surface area contributed by atoms with Crippen LogP contribution >= 0.6 is 0 Å². The molecule has 0 unspecified atom stereocenters. The maximum atomic E-state index is 12.3. The number of hydrogen-bond acceptors (Lipinski definition) is 4. The van der Waals surface area contributed by atoms with E-state index in [4.69, 9.17) is 4.74 Å². The van der Waals surface area contributed by atoms with Gasteiger partial charge >= 0.3 is 0 Å². The fraction of sp³-hybridized carbons (Fsp3) is 0.571. The van der Waals surface area contributed by atoms with Crippen LogP contribution in [0.25, 0.3) is 0 Å². The number of ether oxygens (including phenoxy) is 1. The predicted octanol–water partition coefficient (Wildman–Crippen LogP) is 1.42. The second-order valence-electron chi connectivity index (χ2n) is 4.67. The molecule has 5 nitrogen and oxygen atoms in total. The third-order valence-corrected chi connectivity index (χ3v) is 4.73. The van der Waals surface area contributed by atoms with Gasteiger partial charge in [-0.1, -0.05) is 12.1 Å². The minimum atomic E-state index is -3.44. The zero-order valence-electron chi connectivity index (χ0n) is 12.4. The van der Waals surface area contributed by atoms with Crippen molar-refractivity contribution in [2.45, 2.75) is 31.2 Å². The smallest absolute Gasteiger partial charge is 0.240 e. The minimum Gasteiger partial charge on any atom is -0.385 e. The normalized spacial score (nSPS) is 11.8. The molecule has 1 aromatic carbocycles. The van der Waals surface area contributed by atoms with E-state index in [-0.39, 0.29) is 0 Å². The Hall–Kier alpha value is -0.950. The van der Waals surface area contributed by atoms with E-state index in [9.17, 15) is 8.42 Å². The number of rotatable bonds is 9. The first kappa shape index (κ1) is 17.1.